The van der Waals surface area contributed by atoms with E-state index in [9.17, 15) is 8.78 Å². The summed E-state index contributed by atoms with van der Waals surface area (Å²) in [5.41, 5.74) is -0.749. The first-order chi connectivity index (χ1) is 7.27. The Morgan fingerprint density at radius 1 is 1.12 bits per heavy atom. The van der Waals surface area contributed by atoms with Gasteiger partial charge in [0.25, 0.3) is 5.92 Å². The van der Waals surface area contributed by atoms with E-state index in [1.54, 1.807) is 24.3 Å². The zero-order valence-corrected chi connectivity index (χ0v) is 10.8. The van der Waals surface area contributed by atoms with E-state index in [0.29, 0.717) is 5.56 Å². The van der Waals surface area contributed by atoms with Crippen LogP contribution in [0.1, 0.15) is 12.0 Å². The van der Waals surface area contributed by atoms with Crippen LogP contribution in [0.5, 0.6) is 0 Å². The predicted octanol–water partition coefficient (Wildman–Crippen LogP) is 3.77. The van der Waals surface area contributed by atoms with Gasteiger partial charge in [-0.3, -0.25) is 0 Å². The molecule has 4 heteroatoms. The Labute approximate surface area is 95.6 Å². The molecule has 0 N–H and O–H groups in total. The Bertz CT molecular complexity index is 386. The Hall–Kier alpha value is -0.743. The summed E-state index contributed by atoms with van der Waals surface area (Å²) in [6.07, 6.45) is -0.186. The molecule has 1 aliphatic rings. The maximum absolute atomic E-state index is 13.6. The lowest BCUT2D eigenvalue weighted by Crippen LogP contribution is -2.35. The Morgan fingerprint density at radius 3 is 2.00 bits per heavy atom. The van der Waals surface area contributed by atoms with E-state index in [4.69, 9.17) is 4.43 Å². The molecular weight excluding hydrogens is 226 g/mol. The molecule has 0 radical (unpaired) electrons. The molecule has 0 saturated heterocycles. The molecule has 1 fully saturated rings. The van der Waals surface area contributed by atoms with Gasteiger partial charge in [0.05, 0.1) is 6.42 Å². The summed E-state index contributed by atoms with van der Waals surface area (Å²) in [4.78, 5) is 0. The fourth-order valence-electron chi connectivity index (χ4n) is 1.98. The van der Waals surface area contributed by atoms with E-state index in [2.05, 4.69) is 0 Å². The summed E-state index contributed by atoms with van der Waals surface area (Å²) in [5.74, 6) is -2.71. The topological polar surface area (TPSA) is 9.23 Å². The molecule has 1 nitrogen and oxygen atoms in total. The molecule has 1 saturated carbocycles. The first kappa shape index (κ1) is 11.7. The zero-order chi connectivity index (χ0) is 12.0. The lowest BCUT2D eigenvalue weighted by atomic mass is 10.1. The minimum absolute atomic E-state index is 0.186. The summed E-state index contributed by atoms with van der Waals surface area (Å²) in [6.45, 7) is 5.81. The summed E-state index contributed by atoms with van der Waals surface area (Å²) < 4.78 is 32.9. The molecule has 0 heterocycles. The van der Waals surface area contributed by atoms with Crippen molar-refractivity contribution in [3.8, 4) is 0 Å². The second-order valence-corrected chi connectivity index (χ2v) is 9.72. The van der Waals surface area contributed by atoms with Crippen molar-refractivity contribution in [3.05, 3.63) is 35.9 Å². The van der Waals surface area contributed by atoms with Crippen LogP contribution >= 0.6 is 0 Å². The largest absolute Gasteiger partial charge is 0.402 e. The van der Waals surface area contributed by atoms with Gasteiger partial charge in [0.2, 0.25) is 0 Å². The highest BCUT2D eigenvalue weighted by molar-refractivity contribution is 6.69. The number of hydrogen-bond donors (Lipinski definition) is 0. The van der Waals surface area contributed by atoms with E-state index in [1.165, 1.54) is 0 Å². The average Bonchev–Trinajstić information content (AvgIpc) is 2.68. The van der Waals surface area contributed by atoms with Crippen LogP contribution in [-0.2, 0) is 10.0 Å². The quantitative estimate of drug-likeness (QED) is 0.733. The normalized spacial score (nSPS) is 27.8. The predicted molar refractivity (Wildman–Crippen MR) is 62.1 cm³/mol. The summed E-state index contributed by atoms with van der Waals surface area (Å²) in [7, 11) is -1.98. The van der Waals surface area contributed by atoms with Crippen LogP contribution in [0.25, 0.3) is 0 Å². The molecule has 0 unspecified atom stereocenters. The van der Waals surface area contributed by atoms with Crippen molar-refractivity contribution in [2.75, 3.05) is 0 Å². The molecule has 16 heavy (non-hydrogen) atoms. The molecule has 0 spiro atoms. The maximum atomic E-state index is 13.6. The number of alkyl halides is 2. The Morgan fingerprint density at radius 2 is 1.62 bits per heavy atom. The monoisotopic (exact) mass is 242 g/mol. The van der Waals surface area contributed by atoms with Gasteiger partial charge < -0.3 is 4.43 Å². The van der Waals surface area contributed by atoms with Crippen LogP contribution < -0.4 is 0 Å². The van der Waals surface area contributed by atoms with Gasteiger partial charge in [0.15, 0.2) is 13.9 Å². The highest BCUT2D eigenvalue weighted by Gasteiger charge is 2.74. The van der Waals surface area contributed by atoms with Crippen molar-refractivity contribution in [3.63, 3.8) is 0 Å². The van der Waals surface area contributed by atoms with Crippen LogP contribution in [0.4, 0.5) is 8.78 Å². The van der Waals surface area contributed by atoms with Gasteiger partial charge in [-0.1, -0.05) is 30.3 Å². The molecular formula is C12H16F2OSi. The number of hydrogen-bond acceptors (Lipinski definition) is 1. The van der Waals surface area contributed by atoms with Gasteiger partial charge in [-0.05, 0) is 25.2 Å². The zero-order valence-electron chi connectivity index (χ0n) is 9.76. The third-order valence-corrected chi connectivity index (χ3v) is 3.62. The molecule has 2 rings (SSSR count). The van der Waals surface area contributed by atoms with Crippen LogP contribution in [0, 0.1) is 0 Å². The average molecular weight is 242 g/mol. The van der Waals surface area contributed by atoms with Crippen LogP contribution in [0.15, 0.2) is 30.3 Å². The molecule has 1 atom stereocenters. The van der Waals surface area contributed by atoms with Gasteiger partial charge in [0, 0.05) is 0 Å². The second kappa shape index (κ2) is 3.37. The number of benzene rings is 1. The highest BCUT2D eigenvalue weighted by atomic mass is 28.4. The Kier molecular flexibility index (Phi) is 2.47. The van der Waals surface area contributed by atoms with Gasteiger partial charge in [0.1, 0.15) is 0 Å². The van der Waals surface area contributed by atoms with Gasteiger partial charge in [-0.15, -0.1) is 0 Å². The lowest BCUT2D eigenvalue weighted by Gasteiger charge is -2.27. The summed E-state index contributed by atoms with van der Waals surface area (Å²) >= 11 is 0. The number of rotatable bonds is 3. The summed E-state index contributed by atoms with van der Waals surface area (Å²) in [5, 5.41) is 0. The molecule has 1 aromatic carbocycles. The molecule has 0 aliphatic heterocycles. The number of halogens is 2. The molecule has 0 aromatic heterocycles. The third kappa shape index (κ3) is 1.91. The van der Waals surface area contributed by atoms with E-state index < -0.39 is 19.8 Å². The molecule has 88 valence electrons. The van der Waals surface area contributed by atoms with Crippen molar-refractivity contribution < 1.29 is 13.2 Å². The molecule has 0 amide bonds. The molecule has 1 aromatic rings. The standard InChI is InChI=1S/C12H16F2OSi/c1-16(2,3)15-11(9-12(11,13)14)10-7-5-4-6-8-10/h4-8H,9H2,1-3H3/t11-/m1/s1. The second-order valence-electron chi connectivity index (χ2n) is 5.29. The van der Waals surface area contributed by atoms with E-state index >= 15 is 0 Å². The van der Waals surface area contributed by atoms with Crippen molar-refractivity contribution in [1.82, 2.24) is 0 Å². The minimum Gasteiger partial charge on any atom is -0.402 e. The van der Waals surface area contributed by atoms with Crippen molar-refractivity contribution in [2.24, 2.45) is 0 Å². The minimum atomic E-state index is -2.71. The van der Waals surface area contributed by atoms with Crippen molar-refractivity contribution in [1.29, 1.82) is 0 Å². The van der Waals surface area contributed by atoms with E-state index in [0.717, 1.165) is 0 Å². The van der Waals surface area contributed by atoms with Gasteiger partial charge in [-0.2, -0.15) is 0 Å². The lowest BCUT2D eigenvalue weighted by molar-refractivity contribution is 0.00369. The first-order valence-corrected chi connectivity index (χ1v) is 8.81. The van der Waals surface area contributed by atoms with Crippen LogP contribution in [-0.4, -0.2) is 14.2 Å². The molecule has 1 aliphatic carbocycles. The van der Waals surface area contributed by atoms with Crippen LogP contribution in [0.3, 0.4) is 0 Å². The summed E-state index contributed by atoms with van der Waals surface area (Å²) in [6, 6.07) is 8.83. The fraction of sp³-hybridized carbons (Fsp3) is 0.500. The SMILES string of the molecule is C[Si](C)(C)O[C@@]1(c2ccccc2)CC1(F)F. The smallest absolute Gasteiger partial charge is 0.283 e. The van der Waals surface area contributed by atoms with Crippen molar-refractivity contribution >= 4 is 8.32 Å². The third-order valence-electron chi connectivity index (χ3n) is 2.66. The van der Waals surface area contributed by atoms with E-state index in [1.807, 2.05) is 25.7 Å². The Balaban J connectivity index is 2.33. The van der Waals surface area contributed by atoms with Gasteiger partial charge >= 0.3 is 0 Å². The van der Waals surface area contributed by atoms with Crippen molar-refractivity contribution in [2.45, 2.75) is 37.6 Å². The van der Waals surface area contributed by atoms with Crippen LogP contribution in [0.2, 0.25) is 19.6 Å². The highest BCUT2D eigenvalue weighted by Crippen LogP contribution is 2.63. The maximum Gasteiger partial charge on any atom is 0.283 e. The molecule has 0 bridgehead atoms. The fourth-order valence-corrected chi connectivity index (χ4v) is 3.37. The first-order valence-electron chi connectivity index (χ1n) is 5.40. The van der Waals surface area contributed by atoms with E-state index in [-0.39, 0.29) is 6.42 Å². The van der Waals surface area contributed by atoms with Gasteiger partial charge in [-0.25, -0.2) is 8.78 Å².